The van der Waals surface area contributed by atoms with Crippen molar-refractivity contribution in [2.45, 2.75) is 81.6 Å². The van der Waals surface area contributed by atoms with Crippen molar-refractivity contribution in [2.24, 2.45) is 4.99 Å². The zero-order valence-electron chi connectivity index (χ0n) is 25.0. The molecule has 4 saturated heterocycles. The number of hydrogen-bond donors (Lipinski definition) is 2. The zero-order chi connectivity index (χ0) is 29.6. The maximum atomic E-state index is 17.2. The Labute approximate surface area is 256 Å². The molecule has 2 bridgehead atoms. The van der Waals surface area contributed by atoms with Crippen LogP contribution in [0.5, 0.6) is 11.8 Å². The zero-order valence-corrected chi connectivity index (χ0v) is 25.0. The molecule has 2 N–H and O–H groups in total. The Morgan fingerprint density at radius 3 is 2.75 bits per heavy atom. The number of hydrogen-bond acceptors (Lipinski definition) is 9. The van der Waals surface area contributed by atoms with Gasteiger partial charge in [0.05, 0.1) is 23.3 Å². The van der Waals surface area contributed by atoms with Gasteiger partial charge in [-0.05, 0) is 81.2 Å². The molecule has 9 rings (SSSR count). The summed E-state index contributed by atoms with van der Waals surface area (Å²) in [4.78, 5) is 21.1. The van der Waals surface area contributed by atoms with Crippen LogP contribution in [0.4, 0.5) is 14.6 Å². The molecule has 4 atom stereocenters. The Hall–Kier alpha value is -3.31. The van der Waals surface area contributed by atoms with Crippen molar-refractivity contribution in [1.29, 1.82) is 0 Å². The van der Waals surface area contributed by atoms with Crippen LogP contribution < -0.4 is 15.0 Å². The van der Waals surface area contributed by atoms with E-state index in [9.17, 15) is 9.50 Å². The highest BCUT2D eigenvalue weighted by atomic mass is 19.1. The molecule has 0 amide bonds. The van der Waals surface area contributed by atoms with Gasteiger partial charge in [0.2, 0.25) is 0 Å². The number of rotatable bonds is 5. The number of ether oxygens (including phenoxy) is 1. The van der Waals surface area contributed by atoms with E-state index in [1.54, 1.807) is 6.07 Å². The van der Waals surface area contributed by atoms with Crippen molar-refractivity contribution in [2.75, 3.05) is 50.8 Å². The van der Waals surface area contributed by atoms with Crippen LogP contribution in [-0.2, 0) is 12.8 Å². The second-order valence-corrected chi connectivity index (χ2v) is 13.8. The van der Waals surface area contributed by atoms with Gasteiger partial charge in [0.1, 0.15) is 35.9 Å². The molecule has 4 fully saturated rings. The molecule has 2 aromatic rings. The van der Waals surface area contributed by atoms with Crippen LogP contribution in [0.2, 0.25) is 0 Å². The lowest BCUT2D eigenvalue weighted by Gasteiger charge is -2.38. The lowest BCUT2D eigenvalue weighted by Crippen LogP contribution is -2.52. The topological polar surface area (TPSA) is 89.4 Å². The number of alkyl halides is 1. The second-order valence-electron chi connectivity index (χ2n) is 13.8. The van der Waals surface area contributed by atoms with Crippen LogP contribution in [-0.4, -0.2) is 100 Å². The molecule has 44 heavy (non-hydrogen) atoms. The highest BCUT2D eigenvalue weighted by Gasteiger charge is 2.50. The third-order valence-corrected chi connectivity index (χ3v) is 11.1. The van der Waals surface area contributed by atoms with E-state index in [4.69, 9.17) is 19.7 Å². The first kappa shape index (κ1) is 27.0. The number of nitrogens with zero attached hydrogens (tertiary/aromatic N) is 6. The summed E-state index contributed by atoms with van der Waals surface area (Å²) in [5.74, 6) is 1.07. The molecule has 11 heteroatoms. The molecule has 0 spiro atoms. The summed E-state index contributed by atoms with van der Waals surface area (Å²) in [6, 6.07) is 4.37. The Bertz CT molecular complexity index is 1580. The van der Waals surface area contributed by atoms with Crippen LogP contribution in [0, 0.1) is 0 Å². The van der Waals surface area contributed by atoms with Gasteiger partial charge in [-0.2, -0.15) is 9.97 Å². The molecule has 1 aromatic heterocycles. The number of phenolic OH excluding ortho intramolecular Hbond substituents is 1. The fraction of sp³-hybridized carbons (Fsp3) is 0.606. The van der Waals surface area contributed by atoms with E-state index in [-0.39, 0.29) is 29.6 Å². The third-order valence-electron chi connectivity index (χ3n) is 11.1. The maximum absolute atomic E-state index is 17.2. The van der Waals surface area contributed by atoms with Crippen molar-refractivity contribution in [3.63, 3.8) is 0 Å². The maximum Gasteiger partial charge on any atom is 0.319 e. The van der Waals surface area contributed by atoms with Gasteiger partial charge in [0.15, 0.2) is 5.83 Å². The van der Waals surface area contributed by atoms with Gasteiger partial charge in [0.25, 0.3) is 0 Å². The Balaban J connectivity index is 1.19. The number of aromatic nitrogens is 2. The first-order chi connectivity index (χ1) is 21.5. The van der Waals surface area contributed by atoms with E-state index >= 15 is 4.39 Å². The molecule has 1 aromatic carbocycles. The van der Waals surface area contributed by atoms with Crippen LogP contribution in [0.3, 0.4) is 0 Å². The van der Waals surface area contributed by atoms with Crippen LogP contribution in [0.1, 0.15) is 72.9 Å². The van der Waals surface area contributed by atoms with Gasteiger partial charge in [-0.15, -0.1) is 0 Å². The molecule has 9 nitrogen and oxygen atoms in total. The average Bonchev–Trinajstić information content (AvgIpc) is 3.79. The molecule has 7 aliphatic rings. The van der Waals surface area contributed by atoms with Crippen molar-refractivity contribution >= 4 is 23.2 Å². The average molecular weight is 604 g/mol. The van der Waals surface area contributed by atoms with Crippen molar-refractivity contribution in [1.82, 2.24) is 25.1 Å². The van der Waals surface area contributed by atoms with Crippen LogP contribution in [0.15, 0.2) is 17.1 Å². The third kappa shape index (κ3) is 4.18. The SMILES string of the molecule is Oc1cc2c(c(C3=C(F)c4nc(OC[C@@]56CCCN5C[C@H](F)C6)nc(N5C[C@H]6CC[C@@H](C5)N6)c4C4=NCCN43)c1)CCCC2. The molecule has 7 heterocycles. The molecule has 0 radical (unpaired) electrons. The first-order valence-electron chi connectivity index (χ1n) is 16.5. The standard InChI is InChI=1S/C33H39F2N7O2/c34-20-14-33(8-3-10-41(33)15-20)18-44-32-38-28-26(31(39-32)40-16-21-6-7-22(17-40)37-21)30-36-9-11-42(30)29(27(28)35)25-13-23(43)12-19-4-1-2-5-24(19)25/h12-13,20-22,37,43H,1-11,14-18H2/t20-,21-,22+,33+/m1/s1. The minimum Gasteiger partial charge on any atom is -0.508 e. The fourth-order valence-electron chi connectivity index (χ4n) is 9.14. The van der Waals surface area contributed by atoms with Crippen LogP contribution in [0.25, 0.3) is 11.5 Å². The van der Waals surface area contributed by atoms with Crippen molar-refractivity contribution in [3.05, 3.63) is 40.1 Å². The molecule has 0 saturated carbocycles. The molecule has 1 aliphatic carbocycles. The predicted octanol–water partition coefficient (Wildman–Crippen LogP) is 3.83. The highest BCUT2D eigenvalue weighted by Crippen LogP contribution is 2.46. The monoisotopic (exact) mass is 603 g/mol. The quantitative estimate of drug-likeness (QED) is 0.534. The largest absolute Gasteiger partial charge is 0.508 e. The Morgan fingerprint density at radius 2 is 1.89 bits per heavy atom. The number of phenols is 1. The summed E-state index contributed by atoms with van der Waals surface area (Å²) in [5, 5.41) is 14.4. The summed E-state index contributed by atoms with van der Waals surface area (Å²) in [7, 11) is 0. The fourth-order valence-corrected chi connectivity index (χ4v) is 9.14. The Morgan fingerprint density at radius 1 is 1.05 bits per heavy atom. The number of nitrogens with one attached hydrogen (secondary N) is 1. The lowest BCUT2D eigenvalue weighted by atomic mass is 9.85. The second kappa shape index (κ2) is 10.1. The summed E-state index contributed by atoms with van der Waals surface area (Å²) in [5.41, 5.74) is 3.79. The van der Waals surface area contributed by atoms with E-state index in [0.29, 0.717) is 61.1 Å². The molecular weight excluding hydrogens is 564 g/mol. The lowest BCUT2D eigenvalue weighted by molar-refractivity contribution is 0.107. The molecule has 232 valence electrons. The van der Waals surface area contributed by atoms with E-state index in [1.807, 2.05) is 11.0 Å². The van der Waals surface area contributed by atoms with Gasteiger partial charge in [-0.1, -0.05) is 0 Å². The number of anilines is 1. The number of aliphatic imine (C=N–C) groups is 1. The summed E-state index contributed by atoms with van der Waals surface area (Å²) in [6.45, 7) is 4.22. The van der Waals surface area contributed by atoms with Gasteiger partial charge in [0, 0.05) is 50.2 Å². The molecule has 6 aliphatic heterocycles. The summed E-state index contributed by atoms with van der Waals surface area (Å²) >= 11 is 0. The molecule has 0 unspecified atom stereocenters. The summed E-state index contributed by atoms with van der Waals surface area (Å²) in [6.07, 6.45) is 7.49. The summed E-state index contributed by atoms with van der Waals surface area (Å²) < 4.78 is 38.1. The van der Waals surface area contributed by atoms with Gasteiger partial charge in [-0.3, -0.25) is 9.89 Å². The van der Waals surface area contributed by atoms with Gasteiger partial charge in [-0.25, -0.2) is 8.78 Å². The Kier molecular flexibility index (Phi) is 6.21. The van der Waals surface area contributed by atoms with Crippen molar-refractivity contribution < 1.29 is 18.6 Å². The van der Waals surface area contributed by atoms with E-state index in [2.05, 4.69) is 15.1 Å². The predicted molar refractivity (Wildman–Crippen MR) is 164 cm³/mol. The smallest absolute Gasteiger partial charge is 0.319 e. The number of halogens is 2. The van der Waals surface area contributed by atoms with Crippen LogP contribution >= 0.6 is 0 Å². The van der Waals surface area contributed by atoms with E-state index in [1.165, 1.54) is 0 Å². The minimum atomic E-state index is -0.863. The van der Waals surface area contributed by atoms with E-state index < -0.39 is 12.0 Å². The number of amidine groups is 1. The number of benzene rings is 1. The number of aromatic hydroxyl groups is 1. The number of piperazine rings is 1. The normalized spacial score (nSPS) is 30.8. The number of aryl methyl sites for hydroxylation is 1. The van der Waals surface area contributed by atoms with Gasteiger partial charge < -0.3 is 25.0 Å². The molecular formula is C33H39F2N7O2. The first-order valence-corrected chi connectivity index (χ1v) is 16.5. The number of fused-ring (bicyclic) bond motifs is 7. The van der Waals surface area contributed by atoms with Gasteiger partial charge >= 0.3 is 6.01 Å². The minimum absolute atomic E-state index is 0.132. The van der Waals surface area contributed by atoms with Crippen molar-refractivity contribution in [3.8, 4) is 11.8 Å². The van der Waals surface area contributed by atoms with E-state index in [0.717, 1.165) is 87.7 Å². The highest BCUT2D eigenvalue weighted by molar-refractivity contribution is 6.16.